The van der Waals surface area contributed by atoms with E-state index in [-0.39, 0.29) is 10.8 Å². The molecule has 7 nitrogen and oxygen atoms in total. The van der Waals surface area contributed by atoms with Gasteiger partial charge >= 0.3 is 0 Å². The van der Waals surface area contributed by atoms with Gasteiger partial charge in [0.25, 0.3) is 0 Å². The van der Waals surface area contributed by atoms with Crippen molar-refractivity contribution in [2.75, 3.05) is 11.2 Å². The van der Waals surface area contributed by atoms with Gasteiger partial charge in [0, 0.05) is 22.8 Å². The van der Waals surface area contributed by atoms with E-state index in [1.165, 1.54) is 17.4 Å². The van der Waals surface area contributed by atoms with Crippen molar-refractivity contribution >= 4 is 32.3 Å². The second kappa shape index (κ2) is 7.06. The Hall–Kier alpha value is -3.39. The molecule has 0 fully saturated rings. The Morgan fingerprint density at radius 3 is 2.59 bits per heavy atom. The minimum absolute atomic E-state index is 0.0456. The predicted octanol–water partition coefficient (Wildman–Crippen LogP) is 4.27. The minimum atomic E-state index is -3.26. The van der Waals surface area contributed by atoms with Crippen LogP contribution in [-0.2, 0) is 39.4 Å². The fraction of sp³-hybridized carbons (Fsp3) is 0.308. The van der Waals surface area contributed by atoms with Crippen LogP contribution in [0.2, 0.25) is 0 Å². The maximum Gasteiger partial charge on any atom is 0.237 e. The van der Waals surface area contributed by atoms with E-state index in [0.717, 1.165) is 58.4 Å². The summed E-state index contributed by atoms with van der Waals surface area (Å²) in [5.41, 5.74) is 7.83. The van der Waals surface area contributed by atoms with Crippen molar-refractivity contribution in [3.05, 3.63) is 64.8 Å². The lowest BCUT2D eigenvalue weighted by Crippen LogP contribution is -2.35. The van der Waals surface area contributed by atoms with Crippen molar-refractivity contribution in [3.63, 3.8) is 0 Å². The van der Waals surface area contributed by atoms with E-state index >= 15 is 0 Å². The molecule has 0 spiro atoms. The maximum absolute atomic E-state index is 13.5. The van der Waals surface area contributed by atoms with Crippen LogP contribution in [0.3, 0.4) is 0 Å². The number of benzene rings is 2. The number of carbonyl (C=O) groups excluding carboxylic acids is 1. The molecule has 174 valence electrons. The number of aromatic amines is 2. The van der Waals surface area contributed by atoms with Crippen LogP contribution in [0.25, 0.3) is 22.3 Å². The first-order valence-corrected chi connectivity index (χ1v) is 13.4. The van der Waals surface area contributed by atoms with Gasteiger partial charge in [-0.25, -0.2) is 8.42 Å². The molecule has 0 radical (unpaired) electrons. The van der Waals surface area contributed by atoms with Crippen LogP contribution in [0, 0.1) is 0 Å². The van der Waals surface area contributed by atoms with Crippen molar-refractivity contribution in [3.8, 4) is 11.4 Å². The van der Waals surface area contributed by atoms with E-state index in [1.807, 2.05) is 24.9 Å². The minimum Gasteiger partial charge on any atom is -0.353 e. The second-order valence-electron chi connectivity index (χ2n) is 9.95. The van der Waals surface area contributed by atoms with Gasteiger partial charge < -0.3 is 9.88 Å². The lowest BCUT2D eigenvalue weighted by molar-refractivity contribution is -0.122. The Labute approximate surface area is 198 Å². The molecular formula is C26H26N4O3S. The lowest BCUT2D eigenvalue weighted by Gasteiger charge is -2.20. The van der Waals surface area contributed by atoms with E-state index in [1.54, 1.807) is 24.3 Å². The van der Waals surface area contributed by atoms with Gasteiger partial charge in [-0.2, -0.15) is 5.10 Å². The number of H-pyrrole nitrogens is 2. The van der Waals surface area contributed by atoms with Crippen molar-refractivity contribution < 1.29 is 13.2 Å². The molecule has 2 aromatic heterocycles. The molecule has 3 heterocycles. The highest BCUT2D eigenvalue weighted by atomic mass is 32.2. The number of aromatic nitrogens is 3. The van der Waals surface area contributed by atoms with Gasteiger partial charge in [0.15, 0.2) is 9.84 Å². The molecule has 1 aliphatic carbocycles. The highest BCUT2D eigenvalue weighted by Crippen LogP contribution is 2.46. The average molecular weight is 475 g/mol. The van der Waals surface area contributed by atoms with E-state index in [9.17, 15) is 13.2 Å². The number of hydrogen-bond donors (Lipinski definition) is 2. The van der Waals surface area contributed by atoms with Crippen LogP contribution in [0.5, 0.6) is 0 Å². The number of nitrogens with zero attached hydrogens (tertiary/aromatic N) is 2. The van der Waals surface area contributed by atoms with Gasteiger partial charge in [-0.05, 0) is 79.6 Å². The van der Waals surface area contributed by atoms with Gasteiger partial charge in [-0.15, -0.1) is 0 Å². The summed E-state index contributed by atoms with van der Waals surface area (Å²) in [5.74, 6) is 0.0456. The van der Waals surface area contributed by atoms with Crippen LogP contribution in [-0.4, -0.2) is 35.8 Å². The molecular weight excluding hydrogens is 448 g/mol. The Balaban J connectivity index is 1.46. The monoisotopic (exact) mass is 474 g/mol. The molecule has 6 rings (SSSR count). The van der Waals surface area contributed by atoms with Crippen molar-refractivity contribution in [2.24, 2.45) is 0 Å². The van der Waals surface area contributed by atoms with Crippen LogP contribution in [0.1, 0.15) is 42.5 Å². The smallest absolute Gasteiger partial charge is 0.237 e. The Morgan fingerprint density at radius 2 is 1.85 bits per heavy atom. The fourth-order valence-electron chi connectivity index (χ4n) is 5.40. The number of sulfone groups is 1. The number of anilines is 1. The lowest BCUT2D eigenvalue weighted by atomic mass is 9.85. The van der Waals surface area contributed by atoms with Gasteiger partial charge in [0.2, 0.25) is 5.91 Å². The van der Waals surface area contributed by atoms with E-state index in [4.69, 9.17) is 0 Å². The molecule has 4 aromatic rings. The van der Waals surface area contributed by atoms with E-state index in [2.05, 4.69) is 27.3 Å². The zero-order chi connectivity index (χ0) is 23.8. The second-order valence-corrected chi connectivity index (χ2v) is 12.0. The average Bonchev–Trinajstić information content (AvgIpc) is 3.40. The molecule has 1 aliphatic heterocycles. The summed E-state index contributed by atoms with van der Waals surface area (Å²) < 4.78 is 23.6. The Kier molecular flexibility index (Phi) is 4.39. The summed E-state index contributed by atoms with van der Waals surface area (Å²) in [4.78, 5) is 19.2. The van der Waals surface area contributed by atoms with Crippen LogP contribution in [0.15, 0.2) is 47.5 Å². The van der Waals surface area contributed by atoms with E-state index < -0.39 is 15.3 Å². The largest absolute Gasteiger partial charge is 0.353 e. The molecule has 0 bridgehead atoms. The molecule has 0 unspecified atom stereocenters. The van der Waals surface area contributed by atoms with Crippen LogP contribution in [0.4, 0.5) is 5.69 Å². The molecule has 1 amide bonds. The number of fused-ring (bicyclic) bond motifs is 6. The highest BCUT2D eigenvalue weighted by Gasteiger charge is 2.44. The Bertz CT molecular complexity index is 1580. The van der Waals surface area contributed by atoms with E-state index in [0.29, 0.717) is 6.54 Å². The summed E-state index contributed by atoms with van der Waals surface area (Å²) in [6, 6.07) is 11.1. The summed E-state index contributed by atoms with van der Waals surface area (Å²) in [6.07, 6.45) is 6.10. The number of carbonyl (C=O) groups is 1. The summed E-state index contributed by atoms with van der Waals surface area (Å²) in [5, 5.41) is 8.56. The third-order valence-corrected chi connectivity index (χ3v) is 8.43. The van der Waals surface area contributed by atoms with Crippen LogP contribution < -0.4 is 4.90 Å². The Morgan fingerprint density at radius 1 is 1.09 bits per heavy atom. The van der Waals surface area contributed by atoms with Crippen molar-refractivity contribution in [1.82, 2.24) is 15.2 Å². The molecule has 0 saturated heterocycles. The molecule has 0 atom stereocenters. The first-order valence-electron chi connectivity index (χ1n) is 11.5. The quantitative estimate of drug-likeness (QED) is 0.463. The number of hydrogen-bond acceptors (Lipinski definition) is 4. The zero-order valence-corrected chi connectivity index (χ0v) is 20.2. The predicted molar refractivity (Wildman–Crippen MR) is 132 cm³/mol. The number of amides is 1. The van der Waals surface area contributed by atoms with Crippen molar-refractivity contribution in [2.45, 2.75) is 50.0 Å². The van der Waals surface area contributed by atoms with Gasteiger partial charge in [-0.3, -0.25) is 9.89 Å². The third-order valence-electron chi connectivity index (χ3n) is 7.30. The molecule has 2 aromatic carbocycles. The molecule has 8 heteroatoms. The number of aryl methyl sites for hydroxylation is 2. The normalized spacial score (nSPS) is 16.9. The van der Waals surface area contributed by atoms with Crippen molar-refractivity contribution in [1.29, 1.82) is 0 Å². The number of nitrogens with one attached hydrogen (secondary N) is 2. The molecule has 2 aliphatic rings. The van der Waals surface area contributed by atoms with Gasteiger partial charge in [0.05, 0.1) is 34.4 Å². The first-order chi connectivity index (χ1) is 16.1. The topological polar surface area (TPSA) is 98.9 Å². The van der Waals surface area contributed by atoms with Gasteiger partial charge in [0.1, 0.15) is 0 Å². The fourth-order valence-corrected chi connectivity index (χ4v) is 6.03. The molecule has 34 heavy (non-hydrogen) atoms. The van der Waals surface area contributed by atoms with Crippen LogP contribution >= 0.6 is 0 Å². The summed E-state index contributed by atoms with van der Waals surface area (Å²) in [7, 11) is -3.26. The molecule has 0 saturated carbocycles. The maximum atomic E-state index is 13.5. The summed E-state index contributed by atoms with van der Waals surface area (Å²) >= 11 is 0. The number of rotatable bonds is 3. The SMILES string of the molecule is CC1(C)C(=O)N(Cc2ccc(S(C)(=O)=O)cc2)c2cc3c4c([nH]c3cc21)-c1[nH]ncc1CCC4. The van der Waals surface area contributed by atoms with Gasteiger partial charge in [-0.1, -0.05) is 12.1 Å². The third kappa shape index (κ3) is 3.05. The standard InChI is InChI=1S/C26H26N4O3S/c1-26(2)20-12-21-19(18-6-4-5-16-13-27-29-23(16)24(18)28-21)11-22(20)30(25(26)31)14-15-7-9-17(10-8-15)34(3,32)33/h7-13,28H,4-6,14H2,1-3H3,(H,27,29). The highest BCUT2D eigenvalue weighted by molar-refractivity contribution is 7.90. The molecule has 2 N–H and O–H groups in total. The zero-order valence-electron chi connectivity index (χ0n) is 19.4. The first kappa shape index (κ1) is 21.2. The summed E-state index contributed by atoms with van der Waals surface area (Å²) in [6.45, 7) is 4.32.